The van der Waals surface area contributed by atoms with Crippen molar-refractivity contribution in [2.45, 2.75) is 32.5 Å². The Kier molecular flexibility index (Phi) is 5.42. The first-order chi connectivity index (χ1) is 13.9. The Morgan fingerprint density at radius 3 is 2.72 bits per heavy atom. The summed E-state index contributed by atoms with van der Waals surface area (Å²) in [6.45, 7) is 6.62. The first-order valence-electron chi connectivity index (χ1n) is 9.20. The Balaban J connectivity index is 1.43. The topological polar surface area (TPSA) is 68.3 Å². The predicted octanol–water partition coefficient (Wildman–Crippen LogP) is 3.65. The van der Waals surface area contributed by atoms with Crippen LogP contribution in [0, 0.1) is 20.8 Å². The number of carbonyl (C=O) groups excluding carboxylic acids is 1. The molecule has 0 unspecified atom stereocenters. The van der Waals surface area contributed by atoms with Gasteiger partial charge in [0, 0.05) is 23.8 Å². The molecule has 4 aromatic rings. The molecule has 0 radical (unpaired) electrons. The largest absolute Gasteiger partial charge is 0.339 e. The van der Waals surface area contributed by atoms with E-state index in [1.54, 1.807) is 22.6 Å². The third kappa shape index (κ3) is 4.06. The van der Waals surface area contributed by atoms with Crippen molar-refractivity contribution < 1.29 is 4.79 Å². The SMILES string of the molecule is Cc1ccc(-n2cnnc2SCC(=O)N(C)Cc2c(C)nc3sc(C)cn23)cc1. The molecule has 150 valence electrons. The van der Waals surface area contributed by atoms with Gasteiger partial charge in [0.2, 0.25) is 5.91 Å². The van der Waals surface area contributed by atoms with Crippen LogP contribution in [0.4, 0.5) is 0 Å². The van der Waals surface area contributed by atoms with Crippen molar-refractivity contribution in [1.82, 2.24) is 29.0 Å². The van der Waals surface area contributed by atoms with Crippen LogP contribution in [0.1, 0.15) is 21.8 Å². The number of hydrogen-bond donors (Lipinski definition) is 0. The van der Waals surface area contributed by atoms with Crippen LogP contribution in [0.25, 0.3) is 10.6 Å². The maximum Gasteiger partial charge on any atom is 0.233 e. The molecule has 29 heavy (non-hydrogen) atoms. The fourth-order valence-electron chi connectivity index (χ4n) is 3.05. The highest BCUT2D eigenvalue weighted by Crippen LogP contribution is 2.23. The molecule has 0 N–H and O–H groups in total. The molecule has 0 saturated carbocycles. The highest BCUT2D eigenvalue weighted by molar-refractivity contribution is 7.99. The lowest BCUT2D eigenvalue weighted by Crippen LogP contribution is -2.28. The molecule has 1 amide bonds. The summed E-state index contributed by atoms with van der Waals surface area (Å²) in [6, 6.07) is 8.13. The molecule has 0 saturated heterocycles. The number of nitrogens with zero attached hydrogens (tertiary/aromatic N) is 6. The Hall–Kier alpha value is -2.65. The number of thiazole rings is 1. The summed E-state index contributed by atoms with van der Waals surface area (Å²) in [5.74, 6) is 0.333. The van der Waals surface area contributed by atoms with Crippen LogP contribution in [-0.2, 0) is 11.3 Å². The smallest absolute Gasteiger partial charge is 0.233 e. The zero-order valence-corrected chi connectivity index (χ0v) is 18.4. The van der Waals surface area contributed by atoms with E-state index in [9.17, 15) is 4.79 Å². The monoisotopic (exact) mass is 426 g/mol. The van der Waals surface area contributed by atoms with E-state index in [1.807, 2.05) is 49.7 Å². The maximum absolute atomic E-state index is 12.7. The van der Waals surface area contributed by atoms with Gasteiger partial charge in [-0.2, -0.15) is 0 Å². The molecular formula is C20H22N6OS2. The zero-order valence-electron chi connectivity index (χ0n) is 16.8. The summed E-state index contributed by atoms with van der Waals surface area (Å²) in [7, 11) is 1.83. The fraction of sp³-hybridized carbons (Fsp3) is 0.300. The molecule has 4 rings (SSSR count). The lowest BCUT2D eigenvalue weighted by Gasteiger charge is -2.17. The summed E-state index contributed by atoms with van der Waals surface area (Å²) in [4.78, 5) is 21.2. The second-order valence-electron chi connectivity index (χ2n) is 7.00. The molecule has 3 heterocycles. The van der Waals surface area contributed by atoms with Crippen LogP contribution < -0.4 is 0 Å². The molecule has 0 aliphatic carbocycles. The van der Waals surface area contributed by atoms with Gasteiger partial charge in [-0.05, 0) is 32.9 Å². The summed E-state index contributed by atoms with van der Waals surface area (Å²) < 4.78 is 3.98. The van der Waals surface area contributed by atoms with Crippen LogP contribution in [0.3, 0.4) is 0 Å². The van der Waals surface area contributed by atoms with Crippen molar-refractivity contribution in [3.8, 4) is 5.69 Å². The van der Waals surface area contributed by atoms with Gasteiger partial charge in [-0.3, -0.25) is 13.8 Å². The van der Waals surface area contributed by atoms with E-state index < -0.39 is 0 Å². The van der Waals surface area contributed by atoms with Crippen molar-refractivity contribution in [3.05, 3.63) is 58.6 Å². The van der Waals surface area contributed by atoms with E-state index >= 15 is 0 Å². The Labute approximate surface area is 177 Å². The summed E-state index contributed by atoms with van der Waals surface area (Å²) in [6.07, 6.45) is 3.75. The lowest BCUT2D eigenvalue weighted by atomic mass is 10.2. The van der Waals surface area contributed by atoms with E-state index in [0.717, 1.165) is 22.0 Å². The second kappa shape index (κ2) is 8.00. The van der Waals surface area contributed by atoms with Crippen LogP contribution in [0.5, 0.6) is 0 Å². The number of imidazole rings is 1. The van der Waals surface area contributed by atoms with Crippen molar-refractivity contribution in [1.29, 1.82) is 0 Å². The molecule has 9 heteroatoms. The summed E-state index contributed by atoms with van der Waals surface area (Å²) in [5.41, 5.74) is 4.18. The Morgan fingerprint density at radius 1 is 1.21 bits per heavy atom. The summed E-state index contributed by atoms with van der Waals surface area (Å²) in [5, 5.41) is 8.88. The van der Waals surface area contributed by atoms with Crippen LogP contribution in [0.15, 0.2) is 41.9 Å². The number of rotatable bonds is 6. The lowest BCUT2D eigenvalue weighted by molar-refractivity contribution is -0.127. The van der Waals surface area contributed by atoms with Gasteiger partial charge in [0.1, 0.15) is 6.33 Å². The number of fused-ring (bicyclic) bond motifs is 1. The minimum Gasteiger partial charge on any atom is -0.339 e. The molecule has 0 bridgehead atoms. The molecule has 1 aromatic carbocycles. The third-order valence-corrected chi connectivity index (χ3v) is 6.53. The van der Waals surface area contributed by atoms with Gasteiger partial charge in [-0.15, -0.1) is 21.5 Å². The zero-order chi connectivity index (χ0) is 20.5. The van der Waals surface area contributed by atoms with Gasteiger partial charge < -0.3 is 4.90 Å². The first kappa shape index (κ1) is 19.7. The quantitative estimate of drug-likeness (QED) is 0.440. The molecule has 3 aromatic heterocycles. The molecule has 7 nitrogen and oxygen atoms in total. The summed E-state index contributed by atoms with van der Waals surface area (Å²) >= 11 is 3.05. The second-order valence-corrected chi connectivity index (χ2v) is 9.15. The van der Waals surface area contributed by atoms with Gasteiger partial charge in [0.25, 0.3) is 0 Å². The van der Waals surface area contributed by atoms with Crippen LogP contribution >= 0.6 is 23.1 Å². The number of carbonyl (C=O) groups is 1. The molecule has 0 atom stereocenters. The average molecular weight is 427 g/mol. The number of hydrogen-bond acceptors (Lipinski definition) is 6. The maximum atomic E-state index is 12.7. The minimum atomic E-state index is 0.0368. The average Bonchev–Trinajstić information content (AvgIpc) is 3.36. The number of benzene rings is 1. The van der Waals surface area contributed by atoms with Crippen molar-refractivity contribution in [2.75, 3.05) is 12.8 Å². The van der Waals surface area contributed by atoms with Crippen LogP contribution in [0.2, 0.25) is 0 Å². The first-order valence-corrected chi connectivity index (χ1v) is 11.0. The van der Waals surface area contributed by atoms with Gasteiger partial charge >= 0.3 is 0 Å². The highest BCUT2D eigenvalue weighted by atomic mass is 32.2. The normalized spacial score (nSPS) is 11.3. The van der Waals surface area contributed by atoms with Gasteiger partial charge in [-0.25, -0.2) is 4.98 Å². The predicted molar refractivity (Wildman–Crippen MR) is 116 cm³/mol. The standard InChI is InChI=1S/C20H22N6OS2/c1-13-5-7-16(8-6-13)26-12-21-23-20(26)28-11-18(27)24(4)10-17-15(3)22-19-25(17)9-14(2)29-19/h5-9,12H,10-11H2,1-4H3. The van der Waals surface area contributed by atoms with Gasteiger partial charge in [-0.1, -0.05) is 29.5 Å². The molecular weight excluding hydrogens is 404 g/mol. The number of aryl methyl sites for hydroxylation is 3. The fourth-order valence-corrected chi connectivity index (χ4v) is 4.81. The minimum absolute atomic E-state index is 0.0368. The molecule has 0 aliphatic rings. The Bertz CT molecular complexity index is 1160. The molecule has 0 spiro atoms. The third-order valence-electron chi connectivity index (χ3n) is 4.71. The number of thioether (sulfide) groups is 1. The van der Waals surface area contributed by atoms with Crippen LogP contribution in [-0.4, -0.2) is 47.8 Å². The van der Waals surface area contributed by atoms with E-state index in [-0.39, 0.29) is 5.91 Å². The molecule has 0 aliphatic heterocycles. The van der Waals surface area contributed by atoms with Crippen molar-refractivity contribution in [2.24, 2.45) is 0 Å². The van der Waals surface area contributed by atoms with Crippen molar-refractivity contribution >= 4 is 34.0 Å². The van der Waals surface area contributed by atoms with E-state index in [4.69, 9.17) is 0 Å². The van der Waals surface area contributed by atoms with E-state index in [0.29, 0.717) is 17.5 Å². The van der Waals surface area contributed by atoms with Crippen molar-refractivity contribution in [3.63, 3.8) is 0 Å². The van der Waals surface area contributed by atoms with Gasteiger partial charge in [0.05, 0.1) is 23.7 Å². The van der Waals surface area contributed by atoms with E-state index in [2.05, 4.69) is 32.7 Å². The molecule has 0 fully saturated rings. The van der Waals surface area contributed by atoms with E-state index in [1.165, 1.54) is 22.2 Å². The Morgan fingerprint density at radius 2 is 1.97 bits per heavy atom. The number of amides is 1. The number of aromatic nitrogens is 5. The highest BCUT2D eigenvalue weighted by Gasteiger charge is 2.17. The van der Waals surface area contributed by atoms with Gasteiger partial charge in [0.15, 0.2) is 10.1 Å².